The number of fused-ring (bicyclic) bond motifs is 1. The second-order valence-corrected chi connectivity index (χ2v) is 5.84. The highest BCUT2D eigenvalue weighted by molar-refractivity contribution is 5.99. The molecule has 2 amide bonds. The normalized spacial score (nSPS) is 15.5. The van der Waals surface area contributed by atoms with E-state index in [4.69, 9.17) is 0 Å². The summed E-state index contributed by atoms with van der Waals surface area (Å²) in [4.78, 5) is 24.2. The van der Waals surface area contributed by atoms with Gasteiger partial charge in [0.05, 0.1) is 0 Å². The number of benzene rings is 2. The first-order valence-electron chi connectivity index (χ1n) is 7.83. The van der Waals surface area contributed by atoms with Crippen molar-refractivity contribution < 1.29 is 9.59 Å². The minimum Gasteiger partial charge on any atom is -0.273 e. The molecule has 1 aliphatic carbocycles. The Kier molecular flexibility index (Phi) is 4.37. The standard InChI is InChI=1S/C18H20N2O2/c21-17(14-7-2-1-3-8-14)19-20-18(22)16-11-10-13-6-4-5-9-15(13)12-16/h4-6,9-12,14H,1-3,7-8H2,(H,19,21)(H,20,22). The fraction of sp³-hybridized carbons (Fsp3) is 0.333. The van der Waals surface area contributed by atoms with E-state index in [0.29, 0.717) is 5.56 Å². The molecule has 0 unspecified atom stereocenters. The lowest BCUT2D eigenvalue weighted by Gasteiger charge is -2.20. The summed E-state index contributed by atoms with van der Waals surface area (Å²) in [6.45, 7) is 0. The van der Waals surface area contributed by atoms with Gasteiger partial charge in [-0.2, -0.15) is 0 Å². The molecular weight excluding hydrogens is 276 g/mol. The SMILES string of the molecule is O=C(NNC(=O)C1CCCCC1)c1ccc2ccccc2c1. The number of hydrogen-bond acceptors (Lipinski definition) is 2. The zero-order chi connectivity index (χ0) is 15.4. The van der Waals surface area contributed by atoms with E-state index in [9.17, 15) is 9.59 Å². The van der Waals surface area contributed by atoms with Crippen LogP contribution in [-0.2, 0) is 4.79 Å². The average Bonchev–Trinajstić information content (AvgIpc) is 2.59. The predicted molar refractivity (Wildman–Crippen MR) is 86.1 cm³/mol. The summed E-state index contributed by atoms with van der Waals surface area (Å²) in [7, 11) is 0. The molecule has 0 saturated heterocycles. The maximum atomic E-state index is 12.1. The molecule has 0 atom stereocenters. The van der Waals surface area contributed by atoms with Crippen molar-refractivity contribution in [2.24, 2.45) is 5.92 Å². The molecule has 0 aromatic heterocycles. The Bertz CT molecular complexity index is 690. The number of amides is 2. The van der Waals surface area contributed by atoms with Crippen LogP contribution in [0, 0.1) is 5.92 Å². The summed E-state index contributed by atoms with van der Waals surface area (Å²) in [6, 6.07) is 13.4. The fourth-order valence-electron chi connectivity index (χ4n) is 2.99. The molecular formula is C18H20N2O2. The van der Waals surface area contributed by atoms with Crippen molar-refractivity contribution in [1.29, 1.82) is 0 Å². The zero-order valence-corrected chi connectivity index (χ0v) is 12.5. The van der Waals surface area contributed by atoms with E-state index in [2.05, 4.69) is 10.9 Å². The third-order valence-corrected chi connectivity index (χ3v) is 4.29. The quantitative estimate of drug-likeness (QED) is 0.836. The van der Waals surface area contributed by atoms with E-state index < -0.39 is 0 Å². The van der Waals surface area contributed by atoms with Gasteiger partial charge in [-0.1, -0.05) is 49.6 Å². The van der Waals surface area contributed by atoms with Gasteiger partial charge in [0.25, 0.3) is 5.91 Å². The van der Waals surface area contributed by atoms with E-state index in [1.807, 2.05) is 36.4 Å². The van der Waals surface area contributed by atoms with Crippen LogP contribution in [0.3, 0.4) is 0 Å². The molecule has 0 spiro atoms. The number of hydrazine groups is 1. The third kappa shape index (κ3) is 3.27. The van der Waals surface area contributed by atoms with Crippen LogP contribution >= 0.6 is 0 Å². The number of nitrogens with one attached hydrogen (secondary N) is 2. The summed E-state index contributed by atoms with van der Waals surface area (Å²) >= 11 is 0. The summed E-state index contributed by atoms with van der Waals surface area (Å²) in [5.41, 5.74) is 5.63. The second kappa shape index (κ2) is 6.60. The number of rotatable bonds is 2. The smallest absolute Gasteiger partial charge is 0.269 e. The van der Waals surface area contributed by atoms with E-state index in [1.165, 1.54) is 6.42 Å². The third-order valence-electron chi connectivity index (χ3n) is 4.29. The van der Waals surface area contributed by atoms with Crippen LogP contribution in [-0.4, -0.2) is 11.8 Å². The Labute approximate surface area is 129 Å². The first-order valence-corrected chi connectivity index (χ1v) is 7.83. The van der Waals surface area contributed by atoms with E-state index in [0.717, 1.165) is 36.5 Å². The lowest BCUT2D eigenvalue weighted by molar-refractivity contribution is -0.126. The Hall–Kier alpha value is -2.36. The Balaban J connectivity index is 1.61. The molecule has 2 aromatic carbocycles. The fourth-order valence-corrected chi connectivity index (χ4v) is 2.99. The van der Waals surface area contributed by atoms with Gasteiger partial charge in [0.2, 0.25) is 5.91 Å². The molecule has 1 saturated carbocycles. The maximum Gasteiger partial charge on any atom is 0.269 e. The minimum absolute atomic E-state index is 0.0330. The molecule has 2 N–H and O–H groups in total. The van der Waals surface area contributed by atoms with Crippen LogP contribution in [0.25, 0.3) is 10.8 Å². The van der Waals surface area contributed by atoms with Gasteiger partial charge in [-0.3, -0.25) is 20.4 Å². The molecule has 0 aliphatic heterocycles. The largest absolute Gasteiger partial charge is 0.273 e. The van der Waals surface area contributed by atoms with Crippen molar-refractivity contribution in [2.75, 3.05) is 0 Å². The van der Waals surface area contributed by atoms with Crippen molar-refractivity contribution >= 4 is 22.6 Å². The summed E-state index contributed by atoms with van der Waals surface area (Å²) in [5.74, 6) is -0.325. The van der Waals surface area contributed by atoms with Crippen LogP contribution in [0.2, 0.25) is 0 Å². The van der Waals surface area contributed by atoms with Crippen molar-refractivity contribution in [3.63, 3.8) is 0 Å². The van der Waals surface area contributed by atoms with Gasteiger partial charge in [0.15, 0.2) is 0 Å². The van der Waals surface area contributed by atoms with Gasteiger partial charge in [-0.25, -0.2) is 0 Å². The molecule has 4 nitrogen and oxygen atoms in total. The molecule has 2 aromatic rings. The van der Waals surface area contributed by atoms with Crippen molar-refractivity contribution in [3.05, 3.63) is 48.0 Å². The molecule has 0 bridgehead atoms. The van der Waals surface area contributed by atoms with Gasteiger partial charge in [0, 0.05) is 11.5 Å². The average molecular weight is 296 g/mol. The van der Waals surface area contributed by atoms with E-state index >= 15 is 0 Å². The summed E-state index contributed by atoms with van der Waals surface area (Å²) < 4.78 is 0. The molecule has 0 heterocycles. The van der Waals surface area contributed by atoms with Crippen molar-refractivity contribution in [2.45, 2.75) is 32.1 Å². The highest BCUT2D eigenvalue weighted by Gasteiger charge is 2.21. The topological polar surface area (TPSA) is 58.2 Å². The summed E-state index contributed by atoms with van der Waals surface area (Å²) in [5, 5.41) is 2.10. The lowest BCUT2D eigenvalue weighted by Crippen LogP contribution is -2.44. The summed E-state index contributed by atoms with van der Waals surface area (Å²) in [6.07, 6.45) is 5.22. The van der Waals surface area contributed by atoms with Gasteiger partial charge in [-0.05, 0) is 35.7 Å². The van der Waals surface area contributed by atoms with Gasteiger partial charge < -0.3 is 0 Å². The Morgan fingerprint density at radius 3 is 2.36 bits per heavy atom. The van der Waals surface area contributed by atoms with Crippen molar-refractivity contribution in [3.8, 4) is 0 Å². The highest BCUT2D eigenvalue weighted by Crippen LogP contribution is 2.23. The lowest BCUT2D eigenvalue weighted by atomic mass is 9.89. The number of hydrogen-bond donors (Lipinski definition) is 2. The molecule has 1 fully saturated rings. The number of carbonyl (C=O) groups excluding carboxylic acids is 2. The van der Waals surface area contributed by atoms with Crippen LogP contribution < -0.4 is 10.9 Å². The minimum atomic E-state index is -0.282. The van der Waals surface area contributed by atoms with E-state index in [-0.39, 0.29) is 17.7 Å². The van der Waals surface area contributed by atoms with Crippen LogP contribution in [0.4, 0.5) is 0 Å². The maximum absolute atomic E-state index is 12.1. The first kappa shape index (κ1) is 14.6. The Morgan fingerprint density at radius 2 is 1.59 bits per heavy atom. The highest BCUT2D eigenvalue weighted by atomic mass is 16.2. The Morgan fingerprint density at radius 1 is 0.864 bits per heavy atom. The molecule has 114 valence electrons. The van der Waals surface area contributed by atoms with Crippen LogP contribution in [0.1, 0.15) is 42.5 Å². The first-order chi connectivity index (χ1) is 10.7. The zero-order valence-electron chi connectivity index (χ0n) is 12.5. The van der Waals surface area contributed by atoms with Gasteiger partial charge in [-0.15, -0.1) is 0 Å². The molecule has 22 heavy (non-hydrogen) atoms. The van der Waals surface area contributed by atoms with Gasteiger partial charge in [0.1, 0.15) is 0 Å². The van der Waals surface area contributed by atoms with Crippen LogP contribution in [0.15, 0.2) is 42.5 Å². The van der Waals surface area contributed by atoms with Gasteiger partial charge >= 0.3 is 0 Å². The molecule has 1 aliphatic rings. The number of carbonyl (C=O) groups is 2. The van der Waals surface area contributed by atoms with Crippen molar-refractivity contribution in [1.82, 2.24) is 10.9 Å². The molecule has 0 radical (unpaired) electrons. The predicted octanol–water partition coefficient (Wildman–Crippen LogP) is 3.18. The second-order valence-electron chi connectivity index (χ2n) is 5.84. The molecule has 4 heteroatoms. The van der Waals surface area contributed by atoms with E-state index in [1.54, 1.807) is 6.07 Å². The monoisotopic (exact) mass is 296 g/mol. The van der Waals surface area contributed by atoms with Crippen LogP contribution in [0.5, 0.6) is 0 Å². The molecule has 3 rings (SSSR count).